The Labute approximate surface area is 134 Å². The maximum Gasteiger partial charge on any atom is 0.163 e. The van der Waals surface area contributed by atoms with Gasteiger partial charge in [0.2, 0.25) is 0 Å². The zero-order chi connectivity index (χ0) is 13.6. The number of benzene rings is 1. The summed E-state index contributed by atoms with van der Waals surface area (Å²) in [7, 11) is 0. The second-order valence-electron chi connectivity index (χ2n) is 3.78. The number of nitrogens with zero attached hydrogens (tertiary/aromatic N) is 2. The molecule has 3 rings (SSSR count). The number of thiophene rings is 1. The van der Waals surface area contributed by atoms with Crippen LogP contribution in [0.3, 0.4) is 0 Å². The molecule has 0 radical (unpaired) electrons. The second-order valence-corrected chi connectivity index (χ2v) is 7.88. The molecule has 2 heterocycles. The summed E-state index contributed by atoms with van der Waals surface area (Å²) in [6.45, 7) is 0. The van der Waals surface area contributed by atoms with Gasteiger partial charge in [-0.1, -0.05) is 11.6 Å². The van der Waals surface area contributed by atoms with E-state index in [-0.39, 0.29) is 5.75 Å². The third-order valence-corrected chi connectivity index (χ3v) is 5.16. The Morgan fingerprint density at radius 1 is 1.16 bits per heavy atom. The van der Waals surface area contributed by atoms with Crippen molar-refractivity contribution in [1.82, 2.24) is 9.97 Å². The van der Waals surface area contributed by atoms with Gasteiger partial charge in [0.1, 0.15) is 10.9 Å². The third-order valence-electron chi connectivity index (χ3n) is 2.53. The lowest BCUT2D eigenvalue weighted by Crippen LogP contribution is -1.91. The number of rotatable bonds is 1. The van der Waals surface area contributed by atoms with E-state index < -0.39 is 0 Å². The Balaban J connectivity index is 2.26. The number of halogens is 3. The number of hydrogen-bond acceptors (Lipinski definition) is 4. The molecule has 0 amide bonds. The van der Waals surface area contributed by atoms with Gasteiger partial charge in [0, 0.05) is 10.9 Å². The highest BCUT2D eigenvalue weighted by Crippen LogP contribution is 2.38. The van der Waals surface area contributed by atoms with Crippen LogP contribution in [0.25, 0.3) is 22.3 Å². The third kappa shape index (κ3) is 2.50. The van der Waals surface area contributed by atoms with Crippen molar-refractivity contribution in [2.45, 2.75) is 0 Å². The fourth-order valence-corrected chi connectivity index (χ4v) is 4.71. The summed E-state index contributed by atoms with van der Waals surface area (Å²) in [4.78, 5) is 8.76. The summed E-state index contributed by atoms with van der Waals surface area (Å²) in [6.07, 6.45) is 0. The SMILES string of the molecule is Oc1ccc2nc(-c3cc(Br)sc3Br)nc(Cl)c2c1. The summed E-state index contributed by atoms with van der Waals surface area (Å²) in [5, 5.41) is 10.4. The van der Waals surface area contributed by atoms with E-state index in [4.69, 9.17) is 11.6 Å². The Bertz CT molecular complexity index is 791. The Morgan fingerprint density at radius 2 is 1.95 bits per heavy atom. The molecule has 0 aliphatic carbocycles. The van der Waals surface area contributed by atoms with Crippen molar-refractivity contribution in [2.24, 2.45) is 0 Å². The molecule has 96 valence electrons. The van der Waals surface area contributed by atoms with Gasteiger partial charge in [0.15, 0.2) is 5.82 Å². The fraction of sp³-hybridized carbons (Fsp3) is 0. The Morgan fingerprint density at radius 3 is 2.63 bits per heavy atom. The zero-order valence-corrected chi connectivity index (χ0v) is 13.9. The monoisotopic (exact) mass is 418 g/mol. The minimum Gasteiger partial charge on any atom is -0.508 e. The van der Waals surface area contributed by atoms with Crippen LogP contribution in [0.5, 0.6) is 5.75 Å². The van der Waals surface area contributed by atoms with Gasteiger partial charge >= 0.3 is 0 Å². The summed E-state index contributed by atoms with van der Waals surface area (Å²) in [5.41, 5.74) is 1.58. The summed E-state index contributed by atoms with van der Waals surface area (Å²) >= 11 is 14.6. The smallest absolute Gasteiger partial charge is 0.163 e. The quantitative estimate of drug-likeness (QED) is 0.548. The maximum atomic E-state index is 9.46. The van der Waals surface area contributed by atoms with E-state index in [9.17, 15) is 5.11 Å². The lowest BCUT2D eigenvalue weighted by atomic mass is 10.2. The van der Waals surface area contributed by atoms with Crippen molar-refractivity contribution < 1.29 is 5.11 Å². The van der Waals surface area contributed by atoms with Gasteiger partial charge in [-0.2, -0.15) is 0 Å². The molecule has 1 aromatic carbocycles. The molecule has 0 bridgehead atoms. The summed E-state index contributed by atoms with van der Waals surface area (Å²) < 4.78 is 1.92. The van der Waals surface area contributed by atoms with Crippen molar-refractivity contribution in [2.75, 3.05) is 0 Å². The van der Waals surface area contributed by atoms with Crippen LogP contribution < -0.4 is 0 Å². The topological polar surface area (TPSA) is 46.0 Å². The van der Waals surface area contributed by atoms with Gasteiger partial charge in [-0.05, 0) is 56.1 Å². The van der Waals surface area contributed by atoms with Gasteiger partial charge in [-0.25, -0.2) is 9.97 Å². The number of hydrogen-bond donors (Lipinski definition) is 1. The fourth-order valence-electron chi connectivity index (χ4n) is 1.69. The lowest BCUT2D eigenvalue weighted by Gasteiger charge is -2.04. The molecule has 1 N–H and O–H groups in total. The van der Waals surface area contributed by atoms with E-state index in [2.05, 4.69) is 41.8 Å². The van der Waals surface area contributed by atoms with E-state index in [0.717, 1.165) is 13.1 Å². The minimum absolute atomic E-state index is 0.144. The molecule has 0 atom stereocenters. The van der Waals surface area contributed by atoms with Gasteiger partial charge < -0.3 is 5.11 Å². The van der Waals surface area contributed by atoms with Crippen LogP contribution in [-0.2, 0) is 0 Å². The lowest BCUT2D eigenvalue weighted by molar-refractivity contribution is 0.476. The molecule has 0 fully saturated rings. The number of phenols is 1. The molecule has 0 saturated carbocycles. The first-order valence-corrected chi connectivity index (χ1v) is 7.94. The first kappa shape index (κ1) is 13.3. The molecule has 0 unspecified atom stereocenters. The minimum atomic E-state index is 0.144. The molecular weight excluding hydrogens is 415 g/mol. The van der Waals surface area contributed by atoms with Gasteiger partial charge in [-0.15, -0.1) is 11.3 Å². The standard InChI is InChI=1S/C12H5Br2ClN2OS/c13-9-4-7(10(14)19-9)12-16-8-2-1-5(18)3-6(8)11(15)17-12/h1-4,18H. The Kier molecular flexibility index (Phi) is 3.51. The Hall–Kier alpha value is -0.690. The van der Waals surface area contributed by atoms with Crippen molar-refractivity contribution in [3.05, 3.63) is 37.0 Å². The molecule has 7 heteroatoms. The maximum absolute atomic E-state index is 9.46. The second kappa shape index (κ2) is 5.01. The van der Waals surface area contributed by atoms with E-state index in [1.54, 1.807) is 29.5 Å². The van der Waals surface area contributed by atoms with Gasteiger partial charge in [-0.3, -0.25) is 0 Å². The van der Waals surface area contributed by atoms with E-state index in [1.165, 1.54) is 0 Å². The number of fused-ring (bicyclic) bond motifs is 1. The summed E-state index contributed by atoms with van der Waals surface area (Å²) in [5.74, 6) is 0.697. The van der Waals surface area contributed by atoms with E-state index in [0.29, 0.717) is 21.9 Å². The molecule has 0 spiro atoms. The van der Waals surface area contributed by atoms with Crippen molar-refractivity contribution in [3.8, 4) is 17.1 Å². The molecule has 19 heavy (non-hydrogen) atoms. The average Bonchev–Trinajstić information content (AvgIpc) is 2.69. The van der Waals surface area contributed by atoms with Crippen LogP contribution in [-0.4, -0.2) is 15.1 Å². The first-order chi connectivity index (χ1) is 9.04. The zero-order valence-electron chi connectivity index (χ0n) is 9.19. The van der Waals surface area contributed by atoms with Gasteiger partial charge in [0.25, 0.3) is 0 Å². The van der Waals surface area contributed by atoms with E-state index >= 15 is 0 Å². The van der Waals surface area contributed by atoms with Crippen molar-refractivity contribution in [3.63, 3.8) is 0 Å². The molecule has 2 aromatic heterocycles. The first-order valence-electron chi connectivity index (χ1n) is 5.16. The van der Waals surface area contributed by atoms with E-state index in [1.807, 2.05) is 6.07 Å². The molecule has 0 saturated heterocycles. The van der Waals surface area contributed by atoms with Crippen LogP contribution in [0.1, 0.15) is 0 Å². The van der Waals surface area contributed by atoms with Gasteiger partial charge in [0.05, 0.1) is 13.1 Å². The predicted octanol–water partition coefficient (Wildman–Crippen LogP) is 5.24. The number of aromatic hydroxyl groups is 1. The van der Waals surface area contributed by atoms with Crippen LogP contribution in [0.4, 0.5) is 0 Å². The van der Waals surface area contributed by atoms with Crippen molar-refractivity contribution in [1.29, 1.82) is 0 Å². The molecule has 0 aliphatic rings. The molecule has 3 nitrogen and oxygen atoms in total. The van der Waals surface area contributed by atoms with Crippen LogP contribution in [0, 0.1) is 0 Å². The average molecular weight is 421 g/mol. The molecule has 3 aromatic rings. The molecular formula is C12H5Br2ClN2OS. The van der Waals surface area contributed by atoms with Crippen LogP contribution in [0.15, 0.2) is 31.8 Å². The highest BCUT2D eigenvalue weighted by molar-refractivity contribution is 9.12. The number of phenolic OH excluding ortho intramolecular Hbond substituents is 1. The molecule has 0 aliphatic heterocycles. The largest absolute Gasteiger partial charge is 0.508 e. The van der Waals surface area contributed by atoms with Crippen molar-refractivity contribution >= 4 is 65.7 Å². The normalized spacial score (nSPS) is 11.1. The highest BCUT2D eigenvalue weighted by Gasteiger charge is 2.13. The van der Waals surface area contributed by atoms with Crippen LogP contribution >= 0.6 is 54.8 Å². The highest BCUT2D eigenvalue weighted by atomic mass is 79.9. The predicted molar refractivity (Wildman–Crippen MR) is 84.9 cm³/mol. The summed E-state index contributed by atoms with van der Waals surface area (Å²) in [6, 6.07) is 6.79. The number of aromatic nitrogens is 2. The van der Waals surface area contributed by atoms with Crippen LogP contribution in [0.2, 0.25) is 5.15 Å².